The van der Waals surface area contributed by atoms with Gasteiger partial charge in [-0.2, -0.15) is 4.89 Å². The summed E-state index contributed by atoms with van der Waals surface area (Å²) >= 11 is 0. The second-order valence-electron chi connectivity index (χ2n) is 7.62. The van der Waals surface area contributed by atoms with Crippen LogP contribution in [0, 0.1) is 0 Å². The lowest BCUT2D eigenvalue weighted by Gasteiger charge is -2.12. The maximum atomic E-state index is 9.32. The average molecular weight is 431 g/mol. The van der Waals surface area contributed by atoms with Crippen LogP contribution in [0.1, 0.15) is 85.5 Å². The second kappa shape index (κ2) is 19.6. The summed E-state index contributed by atoms with van der Waals surface area (Å²) < 4.78 is 0. The number of carbonyl (C=O) groups excluding carboxylic acids is 1. The molecule has 0 bridgehead atoms. The van der Waals surface area contributed by atoms with Crippen molar-refractivity contribution in [1.82, 2.24) is 0 Å². The molecule has 2 aromatic rings. The van der Waals surface area contributed by atoms with Gasteiger partial charge in [0, 0.05) is 0 Å². The molecule has 0 saturated heterocycles. The molecular formula is C27H42O4. The monoisotopic (exact) mass is 430 g/mol. The highest BCUT2D eigenvalue weighted by molar-refractivity contribution is 5.64. The lowest BCUT2D eigenvalue weighted by molar-refractivity contribution is -0.241. The molecule has 1 atom stereocenters. The van der Waals surface area contributed by atoms with Crippen molar-refractivity contribution in [2.45, 2.75) is 91.6 Å². The Labute approximate surface area is 189 Å². The zero-order chi connectivity index (χ0) is 23.3. The van der Waals surface area contributed by atoms with Gasteiger partial charge in [-0.25, -0.2) is 0 Å². The van der Waals surface area contributed by atoms with Crippen molar-refractivity contribution < 1.29 is 19.7 Å². The minimum atomic E-state index is 0.101. The van der Waals surface area contributed by atoms with E-state index in [1.807, 2.05) is 50.1 Å². The summed E-state index contributed by atoms with van der Waals surface area (Å²) in [5.74, 6) is 0.975. The Bertz CT molecular complexity index is 633. The highest BCUT2D eigenvalue weighted by Crippen LogP contribution is 2.24. The van der Waals surface area contributed by atoms with Crippen LogP contribution in [-0.4, -0.2) is 18.0 Å². The van der Waals surface area contributed by atoms with E-state index in [9.17, 15) is 5.11 Å². The normalized spacial score (nSPS) is 10.8. The van der Waals surface area contributed by atoms with Crippen LogP contribution in [0.15, 0.2) is 48.5 Å². The van der Waals surface area contributed by atoms with E-state index < -0.39 is 0 Å². The van der Waals surface area contributed by atoms with Gasteiger partial charge >= 0.3 is 0 Å². The largest absolute Gasteiger partial charge is 0.508 e. The predicted molar refractivity (Wildman–Crippen MR) is 130 cm³/mol. The molecule has 0 radical (unpaired) electrons. The summed E-state index contributed by atoms with van der Waals surface area (Å²) in [6.45, 7) is 10.7. The van der Waals surface area contributed by atoms with Crippen molar-refractivity contribution in [3.05, 3.63) is 48.5 Å². The third-order valence-electron chi connectivity index (χ3n) is 4.78. The number of phenols is 1. The highest BCUT2D eigenvalue weighted by atomic mass is 17.2. The molecule has 0 aliphatic rings. The molecule has 174 valence electrons. The van der Waals surface area contributed by atoms with Gasteiger partial charge in [0.05, 0.1) is 0 Å². The molecule has 0 amide bonds. The number of hydrogen-bond donors (Lipinski definition) is 1. The third-order valence-corrected chi connectivity index (χ3v) is 4.78. The van der Waals surface area contributed by atoms with E-state index in [1.165, 1.54) is 51.4 Å². The highest BCUT2D eigenvalue weighted by Gasteiger charge is 2.05. The standard InChI is InChI=1S/C20H26O3.C6H14.CH2O/c1-3-4-5-6-7-16(2)22-23-20-14-10-18(11-15-20)17-8-12-19(21)13-9-17;1-3-5-6-4-2;1-2/h8-16,21H,3-7H2,1-2H3;3-6H2,1-2H3;1H2. The van der Waals surface area contributed by atoms with Crippen molar-refractivity contribution in [3.63, 3.8) is 0 Å². The minimum Gasteiger partial charge on any atom is -0.508 e. The van der Waals surface area contributed by atoms with Crippen molar-refractivity contribution in [1.29, 1.82) is 0 Å². The van der Waals surface area contributed by atoms with E-state index >= 15 is 0 Å². The SMILES string of the molecule is C=O.CCCCCC.CCCCCCC(C)OOc1ccc(-c2ccc(O)cc2)cc1. The van der Waals surface area contributed by atoms with Crippen molar-refractivity contribution in [3.8, 4) is 22.6 Å². The van der Waals surface area contributed by atoms with Crippen LogP contribution in [0.3, 0.4) is 0 Å². The number of carbonyl (C=O) groups is 1. The number of rotatable bonds is 12. The molecule has 0 spiro atoms. The fourth-order valence-electron chi connectivity index (χ4n) is 2.90. The quantitative estimate of drug-likeness (QED) is 0.210. The maximum absolute atomic E-state index is 9.32. The van der Waals surface area contributed by atoms with E-state index in [0.29, 0.717) is 5.75 Å². The molecule has 1 unspecified atom stereocenters. The summed E-state index contributed by atoms with van der Waals surface area (Å²) in [7, 11) is 0. The van der Waals surface area contributed by atoms with Crippen molar-refractivity contribution in [2.75, 3.05) is 0 Å². The Balaban J connectivity index is 0.000000970. The summed E-state index contributed by atoms with van der Waals surface area (Å²) in [4.78, 5) is 18.8. The number of benzene rings is 2. The van der Waals surface area contributed by atoms with Crippen molar-refractivity contribution in [2.24, 2.45) is 0 Å². The second-order valence-corrected chi connectivity index (χ2v) is 7.62. The van der Waals surface area contributed by atoms with Crippen LogP contribution in [0.2, 0.25) is 0 Å². The smallest absolute Gasteiger partial charge is 0.165 e. The van der Waals surface area contributed by atoms with Crippen LogP contribution >= 0.6 is 0 Å². The summed E-state index contributed by atoms with van der Waals surface area (Å²) in [6, 6.07) is 14.9. The van der Waals surface area contributed by atoms with Crippen LogP contribution in [0.25, 0.3) is 11.1 Å². The van der Waals surface area contributed by atoms with Gasteiger partial charge in [-0.15, -0.1) is 0 Å². The molecule has 0 fully saturated rings. The molecule has 0 aliphatic carbocycles. The molecular weight excluding hydrogens is 388 g/mol. The first-order chi connectivity index (χ1) is 15.1. The predicted octanol–water partition coefficient (Wildman–Crippen LogP) is 8.13. The van der Waals surface area contributed by atoms with E-state index in [1.54, 1.807) is 12.1 Å². The lowest BCUT2D eigenvalue weighted by atomic mass is 10.1. The minimum absolute atomic E-state index is 0.101. The molecule has 0 aromatic heterocycles. The maximum Gasteiger partial charge on any atom is 0.165 e. The molecule has 2 rings (SSSR count). The Morgan fingerprint density at radius 2 is 1.19 bits per heavy atom. The molecule has 0 aliphatic heterocycles. The van der Waals surface area contributed by atoms with Crippen LogP contribution in [0.4, 0.5) is 0 Å². The van der Waals surface area contributed by atoms with E-state index in [-0.39, 0.29) is 11.9 Å². The number of hydrogen-bond acceptors (Lipinski definition) is 4. The number of unbranched alkanes of at least 4 members (excludes halogenated alkanes) is 6. The molecule has 1 N–H and O–H groups in total. The van der Waals surface area contributed by atoms with Gasteiger partial charge in [0.15, 0.2) is 5.75 Å². The third kappa shape index (κ3) is 14.3. The van der Waals surface area contributed by atoms with Crippen LogP contribution in [-0.2, 0) is 9.68 Å². The number of phenolic OH excluding ortho intramolecular Hbond substituents is 1. The molecule has 31 heavy (non-hydrogen) atoms. The van der Waals surface area contributed by atoms with Crippen molar-refractivity contribution >= 4 is 6.79 Å². The fraction of sp³-hybridized carbons (Fsp3) is 0.519. The zero-order valence-corrected chi connectivity index (χ0v) is 19.9. The topological polar surface area (TPSA) is 55.8 Å². The molecule has 0 saturated carbocycles. The van der Waals surface area contributed by atoms with Gasteiger partial charge in [0.25, 0.3) is 0 Å². The molecule has 2 aromatic carbocycles. The average Bonchev–Trinajstić information content (AvgIpc) is 2.82. The Kier molecular flexibility index (Phi) is 18.1. The van der Waals surface area contributed by atoms with Gasteiger partial charge < -0.3 is 14.8 Å². The Morgan fingerprint density at radius 1 is 0.742 bits per heavy atom. The Hall–Kier alpha value is -2.33. The number of aromatic hydroxyl groups is 1. The van der Waals surface area contributed by atoms with Crippen LogP contribution < -0.4 is 4.89 Å². The molecule has 0 heterocycles. The van der Waals surface area contributed by atoms with Gasteiger partial charge in [-0.05, 0) is 48.7 Å². The summed E-state index contributed by atoms with van der Waals surface area (Å²) in [6.07, 6.45) is 11.6. The first-order valence-electron chi connectivity index (χ1n) is 11.6. The van der Waals surface area contributed by atoms with Gasteiger partial charge in [0.1, 0.15) is 18.6 Å². The summed E-state index contributed by atoms with van der Waals surface area (Å²) in [5.41, 5.74) is 2.13. The Morgan fingerprint density at radius 3 is 1.68 bits per heavy atom. The first-order valence-corrected chi connectivity index (χ1v) is 11.6. The van der Waals surface area contributed by atoms with Gasteiger partial charge in [0.2, 0.25) is 0 Å². The summed E-state index contributed by atoms with van der Waals surface area (Å²) in [5, 5.41) is 9.32. The van der Waals surface area contributed by atoms with E-state index in [4.69, 9.17) is 14.6 Å². The molecule has 4 heteroatoms. The zero-order valence-electron chi connectivity index (χ0n) is 19.9. The van der Waals surface area contributed by atoms with E-state index in [2.05, 4.69) is 20.8 Å². The van der Waals surface area contributed by atoms with Gasteiger partial charge in [-0.1, -0.05) is 96.4 Å². The fourth-order valence-corrected chi connectivity index (χ4v) is 2.90. The lowest BCUT2D eigenvalue weighted by Crippen LogP contribution is -2.10. The first kappa shape index (κ1) is 28.7. The van der Waals surface area contributed by atoms with Crippen LogP contribution in [0.5, 0.6) is 11.5 Å². The molecule has 4 nitrogen and oxygen atoms in total. The van der Waals surface area contributed by atoms with Gasteiger partial charge in [-0.3, -0.25) is 0 Å². The van der Waals surface area contributed by atoms with E-state index in [0.717, 1.165) is 17.5 Å².